The van der Waals surface area contributed by atoms with Gasteiger partial charge in [0.05, 0.1) is 6.61 Å². The predicted molar refractivity (Wildman–Crippen MR) is 77.8 cm³/mol. The van der Waals surface area contributed by atoms with Crippen molar-refractivity contribution in [3.8, 4) is 0 Å². The van der Waals surface area contributed by atoms with E-state index in [1.807, 2.05) is 0 Å². The van der Waals surface area contributed by atoms with Gasteiger partial charge in [-0.25, -0.2) is 0 Å². The molecule has 0 radical (unpaired) electrons. The second-order valence-electron chi connectivity index (χ2n) is 4.46. The maximum Gasteiger partial charge on any atom is 0.0502 e. The van der Waals surface area contributed by atoms with E-state index in [-0.39, 0.29) is 0 Å². The summed E-state index contributed by atoms with van der Waals surface area (Å²) in [6.45, 7) is 5.31. The Bertz CT molecular complexity index is 303. The Morgan fingerprint density at radius 2 is 1.71 bits per heavy atom. The fourth-order valence-corrected chi connectivity index (χ4v) is 3.12. The zero-order valence-electron chi connectivity index (χ0n) is 11.1. The first kappa shape index (κ1) is 14.7. The van der Waals surface area contributed by atoms with Crippen LogP contribution in [0.4, 0.5) is 0 Å². The SMILES string of the molecule is CCC(CC)C(Br)c1ccc(CCOC)cc1. The third-order valence-corrected chi connectivity index (χ3v) is 4.63. The summed E-state index contributed by atoms with van der Waals surface area (Å²) in [7, 11) is 1.75. The molecule has 0 aromatic heterocycles. The lowest BCUT2D eigenvalue weighted by molar-refractivity contribution is 0.202. The molecular formula is C15H23BrO. The van der Waals surface area contributed by atoms with Crippen molar-refractivity contribution >= 4 is 15.9 Å². The monoisotopic (exact) mass is 298 g/mol. The molecule has 0 saturated heterocycles. The van der Waals surface area contributed by atoms with Gasteiger partial charge in [0.2, 0.25) is 0 Å². The van der Waals surface area contributed by atoms with Crippen molar-refractivity contribution in [1.29, 1.82) is 0 Å². The minimum Gasteiger partial charge on any atom is -0.384 e. The molecule has 96 valence electrons. The van der Waals surface area contributed by atoms with Gasteiger partial charge in [-0.05, 0) is 23.5 Å². The first-order valence-corrected chi connectivity index (χ1v) is 7.36. The van der Waals surface area contributed by atoms with E-state index in [0.29, 0.717) is 4.83 Å². The van der Waals surface area contributed by atoms with Crippen molar-refractivity contribution in [3.05, 3.63) is 35.4 Å². The van der Waals surface area contributed by atoms with Gasteiger partial charge in [-0.3, -0.25) is 0 Å². The Balaban J connectivity index is 2.66. The predicted octanol–water partition coefficient (Wildman–Crippen LogP) is 4.75. The average molecular weight is 299 g/mol. The Morgan fingerprint density at radius 3 is 2.18 bits per heavy atom. The number of benzene rings is 1. The van der Waals surface area contributed by atoms with Crippen LogP contribution in [0.3, 0.4) is 0 Å². The van der Waals surface area contributed by atoms with Gasteiger partial charge in [0.25, 0.3) is 0 Å². The summed E-state index contributed by atoms with van der Waals surface area (Å²) in [5.74, 6) is 0.722. The average Bonchev–Trinajstić information content (AvgIpc) is 2.38. The zero-order valence-corrected chi connectivity index (χ0v) is 12.7. The highest BCUT2D eigenvalue weighted by Crippen LogP contribution is 2.35. The van der Waals surface area contributed by atoms with Crippen LogP contribution < -0.4 is 0 Å². The van der Waals surface area contributed by atoms with E-state index >= 15 is 0 Å². The van der Waals surface area contributed by atoms with Crippen molar-refractivity contribution < 1.29 is 4.74 Å². The van der Waals surface area contributed by atoms with Gasteiger partial charge in [0, 0.05) is 11.9 Å². The summed E-state index contributed by atoms with van der Waals surface area (Å²) in [6.07, 6.45) is 3.43. The maximum atomic E-state index is 5.09. The lowest BCUT2D eigenvalue weighted by Crippen LogP contribution is -2.05. The van der Waals surface area contributed by atoms with Crippen molar-refractivity contribution in [1.82, 2.24) is 0 Å². The fraction of sp³-hybridized carbons (Fsp3) is 0.600. The van der Waals surface area contributed by atoms with Crippen molar-refractivity contribution in [2.24, 2.45) is 5.92 Å². The van der Waals surface area contributed by atoms with Crippen LogP contribution in [-0.2, 0) is 11.2 Å². The second kappa shape index (κ2) is 7.88. The molecule has 0 bridgehead atoms. The largest absolute Gasteiger partial charge is 0.384 e. The van der Waals surface area contributed by atoms with E-state index in [1.54, 1.807) is 7.11 Å². The minimum atomic E-state index is 0.481. The van der Waals surface area contributed by atoms with Gasteiger partial charge in [0.15, 0.2) is 0 Å². The summed E-state index contributed by atoms with van der Waals surface area (Å²) in [4.78, 5) is 0.481. The molecule has 1 rings (SSSR count). The highest BCUT2D eigenvalue weighted by molar-refractivity contribution is 9.09. The molecule has 1 aromatic carbocycles. The highest BCUT2D eigenvalue weighted by Gasteiger charge is 2.16. The number of rotatable bonds is 7. The molecule has 0 heterocycles. The van der Waals surface area contributed by atoms with Crippen LogP contribution in [0, 0.1) is 5.92 Å². The van der Waals surface area contributed by atoms with Crippen LogP contribution in [0.5, 0.6) is 0 Å². The lowest BCUT2D eigenvalue weighted by atomic mass is 9.94. The van der Waals surface area contributed by atoms with Gasteiger partial charge in [-0.2, -0.15) is 0 Å². The number of halogens is 1. The lowest BCUT2D eigenvalue weighted by Gasteiger charge is -2.20. The van der Waals surface area contributed by atoms with E-state index in [1.165, 1.54) is 24.0 Å². The minimum absolute atomic E-state index is 0.481. The Kier molecular flexibility index (Phi) is 6.83. The quantitative estimate of drug-likeness (QED) is 0.660. The third-order valence-electron chi connectivity index (χ3n) is 3.36. The summed E-state index contributed by atoms with van der Waals surface area (Å²) in [6, 6.07) is 8.90. The van der Waals surface area contributed by atoms with Crippen molar-refractivity contribution in [2.45, 2.75) is 37.9 Å². The molecule has 0 aliphatic rings. The molecule has 0 aliphatic carbocycles. The van der Waals surface area contributed by atoms with E-state index in [9.17, 15) is 0 Å². The standard InChI is InChI=1S/C15H23BrO/c1-4-13(5-2)15(16)14-8-6-12(7-9-14)10-11-17-3/h6-9,13,15H,4-5,10-11H2,1-3H3. The maximum absolute atomic E-state index is 5.09. The molecule has 17 heavy (non-hydrogen) atoms. The second-order valence-corrected chi connectivity index (χ2v) is 5.45. The summed E-state index contributed by atoms with van der Waals surface area (Å²) >= 11 is 3.83. The van der Waals surface area contributed by atoms with Crippen LogP contribution in [0.2, 0.25) is 0 Å². The topological polar surface area (TPSA) is 9.23 Å². The van der Waals surface area contributed by atoms with Crippen molar-refractivity contribution in [3.63, 3.8) is 0 Å². The van der Waals surface area contributed by atoms with Crippen LogP contribution in [0.15, 0.2) is 24.3 Å². The Labute approximate surface area is 114 Å². The van der Waals surface area contributed by atoms with Gasteiger partial charge >= 0.3 is 0 Å². The van der Waals surface area contributed by atoms with E-state index in [2.05, 4.69) is 54.0 Å². The summed E-state index contributed by atoms with van der Waals surface area (Å²) in [5.41, 5.74) is 2.74. The first-order valence-electron chi connectivity index (χ1n) is 6.44. The van der Waals surface area contributed by atoms with Gasteiger partial charge < -0.3 is 4.74 Å². The van der Waals surface area contributed by atoms with Gasteiger partial charge in [-0.1, -0.05) is 66.9 Å². The number of ether oxygens (including phenoxy) is 1. The van der Waals surface area contributed by atoms with Gasteiger partial charge in [0.1, 0.15) is 0 Å². The number of hydrogen-bond donors (Lipinski definition) is 0. The summed E-state index contributed by atoms with van der Waals surface area (Å²) in [5, 5.41) is 0. The van der Waals surface area contributed by atoms with Gasteiger partial charge in [-0.15, -0.1) is 0 Å². The first-order chi connectivity index (χ1) is 8.22. The number of hydrogen-bond acceptors (Lipinski definition) is 1. The normalized spacial score (nSPS) is 13.0. The molecule has 0 saturated carbocycles. The van der Waals surface area contributed by atoms with Crippen LogP contribution in [0.25, 0.3) is 0 Å². The molecule has 0 aliphatic heterocycles. The molecule has 1 unspecified atom stereocenters. The molecule has 0 N–H and O–H groups in total. The van der Waals surface area contributed by atoms with E-state index in [0.717, 1.165) is 18.9 Å². The molecule has 0 amide bonds. The third kappa shape index (κ3) is 4.44. The van der Waals surface area contributed by atoms with E-state index < -0.39 is 0 Å². The fourth-order valence-electron chi connectivity index (χ4n) is 2.06. The number of alkyl halides is 1. The highest BCUT2D eigenvalue weighted by atomic mass is 79.9. The Hall–Kier alpha value is -0.340. The number of methoxy groups -OCH3 is 1. The zero-order chi connectivity index (χ0) is 12.7. The molecule has 0 fully saturated rings. The molecule has 2 heteroatoms. The summed E-state index contributed by atoms with van der Waals surface area (Å²) < 4.78 is 5.09. The van der Waals surface area contributed by atoms with Crippen molar-refractivity contribution in [2.75, 3.05) is 13.7 Å². The van der Waals surface area contributed by atoms with Crippen LogP contribution in [0.1, 0.15) is 42.6 Å². The molecule has 0 spiro atoms. The molecule has 1 atom stereocenters. The molecular weight excluding hydrogens is 276 g/mol. The van der Waals surface area contributed by atoms with Crippen LogP contribution >= 0.6 is 15.9 Å². The smallest absolute Gasteiger partial charge is 0.0502 e. The van der Waals surface area contributed by atoms with E-state index in [4.69, 9.17) is 4.74 Å². The Morgan fingerprint density at radius 1 is 1.12 bits per heavy atom. The molecule has 1 nitrogen and oxygen atoms in total. The molecule has 1 aromatic rings. The van der Waals surface area contributed by atoms with Crippen LogP contribution in [-0.4, -0.2) is 13.7 Å².